The van der Waals surface area contributed by atoms with Crippen LogP contribution >= 0.6 is 0 Å². The van der Waals surface area contributed by atoms with Gasteiger partial charge in [-0.2, -0.15) is 4.39 Å². The van der Waals surface area contributed by atoms with Crippen molar-refractivity contribution in [2.45, 2.75) is 18.9 Å². The van der Waals surface area contributed by atoms with Gasteiger partial charge in [0.2, 0.25) is 0 Å². The first-order valence-electron chi connectivity index (χ1n) is 5.13. The van der Waals surface area contributed by atoms with Crippen LogP contribution in [0.15, 0.2) is 12.1 Å². The summed E-state index contributed by atoms with van der Waals surface area (Å²) < 4.78 is 18.7. The van der Waals surface area contributed by atoms with Crippen molar-refractivity contribution in [1.29, 1.82) is 0 Å². The third-order valence-corrected chi connectivity index (χ3v) is 2.26. The number of amides is 1. The van der Waals surface area contributed by atoms with Crippen LogP contribution in [0.4, 0.5) is 4.39 Å². The van der Waals surface area contributed by atoms with Crippen molar-refractivity contribution in [3.05, 3.63) is 23.8 Å². The van der Waals surface area contributed by atoms with E-state index in [1.807, 2.05) is 0 Å². The number of halogens is 1. The van der Waals surface area contributed by atoms with Crippen LogP contribution in [0.25, 0.3) is 0 Å². The van der Waals surface area contributed by atoms with E-state index in [0.29, 0.717) is 0 Å². The standard InChI is InChI=1S/C11H13FN2O2/c1-14(2)11(15)8-5-6-9(10(12)13-8)16-7-3-4-7/h5-7H,3-4H2,1-2H3. The largest absolute Gasteiger partial charge is 0.486 e. The zero-order valence-corrected chi connectivity index (χ0v) is 9.24. The molecular weight excluding hydrogens is 211 g/mol. The summed E-state index contributed by atoms with van der Waals surface area (Å²) >= 11 is 0. The van der Waals surface area contributed by atoms with Gasteiger partial charge in [0.1, 0.15) is 5.69 Å². The highest BCUT2D eigenvalue weighted by molar-refractivity contribution is 5.91. The summed E-state index contributed by atoms with van der Waals surface area (Å²) in [5, 5.41) is 0. The predicted molar refractivity (Wildman–Crippen MR) is 55.9 cm³/mol. The number of hydrogen-bond acceptors (Lipinski definition) is 3. The molecule has 1 aromatic heterocycles. The summed E-state index contributed by atoms with van der Waals surface area (Å²) in [5.41, 5.74) is 0.0886. The Bertz CT molecular complexity index is 416. The number of aromatic nitrogens is 1. The first kappa shape index (κ1) is 10.9. The van der Waals surface area contributed by atoms with Gasteiger partial charge in [-0.3, -0.25) is 4.79 Å². The fourth-order valence-corrected chi connectivity index (χ4v) is 1.22. The molecule has 16 heavy (non-hydrogen) atoms. The van der Waals surface area contributed by atoms with Crippen molar-refractivity contribution in [3.63, 3.8) is 0 Å². The SMILES string of the molecule is CN(C)C(=O)c1ccc(OC2CC2)c(F)n1. The molecule has 1 saturated carbocycles. The van der Waals surface area contributed by atoms with Crippen molar-refractivity contribution in [2.24, 2.45) is 0 Å². The first-order valence-corrected chi connectivity index (χ1v) is 5.13. The molecule has 0 N–H and O–H groups in total. The summed E-state index contributed by atoms with van der Waals surface area (Å²) in [6.07, 6.45) is 2.03. The number of ether oxygens (including phenoxy) is 1. The molecule has 0 saturated heterocycles. The van der Waals surface area contributed by atoms with Crippen LogP contribution in [-0.4, -0.2) is 36.0 Å². The average molecular weight is 224 g/mol. The van der Waals surface area contributed by atoms with Gasteiger partial charge in [-0.25, -0.2) is 4.98 Å². The number of pyridine rings is 1. The third-order valence-electron chi connectivity index (χ3n) is 2.26. The summed E-state index contributed by atoms with van der Waals surface area (Å²) in [4.78, 5) is 16.4. The minimum atomic E-state index is -0.723. The number of hydrogen-bond donors (Lipinski definition) is 0. The molecule has 1 aliphatic rings. The Balaban J connectivity index is 2.17. The molecule has 0 aromatic carbocycles. The van der Waals surface area contributed by atoms with E-state index in [0.717, 1.165) is 12.8 Å². The van der Waals surface area contributed by atoms with E-state index in [-0.39, 0.29) is 23.5 Å². The lowest BCUT2D eigenvalue weighted by Gasteiger charge is -2.10. The quantitative estimate of drug-likeness (QED) is 0.730. The maximum absolute atomic E-state index is 13.5. The number of nitrogens with zero attached hydrogens (tertiary/aromatic N) is 2. The van der Waals surface area contributed by atoms with Gasteiger partial charge < -0.3 is 9.64 Å². The lowest BCUT2D eigenvalue weighted by atomic mass is 10.3. The number of carbonyl (C=O) groups excluding carboxylic acids is 1. The predicted octanol–water partition coefficient (Wildman–Crippen LogP) is 1.46. The second-order valence-corrected chi connectivity index (χ2v) is 4.00. The minimum Gasteiger partial charge on any atom is -0.486 e. The molecule has 0 radical (unpaired) electrons. The first-order chi connectivity index (χ1) is 7.58. The molecule has 1 aliphatic carbocycles. The van der Waals surface area contributed by atoms with Gasteiger partial charge in [-0.15, -0.1) is 0 Å². The molecule has 0 bridgehead atoms. The number of carbonyl (C=O) groups is 1. The highest BCUT2D eigenvalue weighted by Gasteiger charge is 2.25. The highest BCUT2D eigenvalue weighted by atomic mass is 19.1. The van der Waals surface area contributed by atoms with Gasteiger partial charge in [-0.1, -0.05) is 0 Å². The average Bonchev–Trinajstić information content (AvgIpc) is 3.03. The van der Waals surface area contributed by atoms with Crippen LogP contribution in [0.2, 0.25) is 0 Å². The molecule has 1 heterocycles. The van der Waals surface area contributed by atoms with Gasteiger partial charge in [0.15, 0.2) is 5.75 Å². The molecule has 86 valence electrons. The maximum Gasteiger partial charge on any atom is 0.272 e. The normalized spacial score (nSPS) is 14.7. The Hall–Kier alpha value is -1.65. The van der Waals surface area contributed by atoms with Crippen LogP contribution in [0.5, 0.6) is 5.75 Å². The molecule has 5 heteroatoms. The molecular formula is C11H13FN2O2. The van der Waals surface area contributed by atoms with Gasteiger partial charge >= 0.3 is 0 Å². The fourth-order valence-electron chi connectivity index (χ4n) is 1.22. The van der Waals surface area contributed by atoms with Crippen LogP contribution in [0.3, 0.4) is 0 Å². The Morgan fingerprint density at radius 2 is 2.19 bits per heavy atom. The molecule has 0 atom stereocenters. The molecule has 0 aliphatic heterocycles. The Labute approximate surface area is 93.0 Å². The summed E-state index contributed by atoms with van der Waals surface area (Å²) in [7, 11) is 3.19. The van der Waals surface area contributed by atoms with Crippen molar-refractivity contribution < 1.29 is 13.9 Å². The Kier molecular flexibility index (Phi) is 2.77. The van der Waals surface area contributed by atoms with Crippen LogP contribution in [-0.2, 0) is 0 Å². The topological polar surface area (TPSA) is 42.4 Å². The molecule has 1 aromatic rings. The Morgan fingerprint density at radius 1 is 1.50 bits per heavy atom. The number of rotatable bonds is 3. The van der Waals surface area contributed by atoms with Gasteiger partial charge in [0.05, 0.1) is 6.10 Å². The minimum absolute atomic E-state index is 0.0886. The lowest BCUT2D eigenvalue weighted by molar-refractivity contribution is 0.0820. The van der Waals surface area contributed by atoms with E-state index < -0.39 is 5.95 Å². The smallest absolute Gasteiger partial charge is 0.272 e. The molecule has 1 fully saturated rings. The van der Waals surface area contributed by atoms with Crippen LogP contribution < -0.4 is 4.74 Å². The van der Waals surface area contributed by atoms with Crippen molar-refractivity contribution >= 4 is 5.91 Å². The van der Waals surface area contributed by atoms with Gasteiger partial charge in [0, 0.05) is 14.1 Å². The second kappa shape index (κ2) is 4.08. The van der Waals surface area contributed by atoms with E-state index in [2.05, 4.69) is 4.98 Å². The molecule has 2 rings (SSSR count). The zero-order chi connectivity index (χ0) is 11.7. The summed E-state index contributed by atoms with van der Waals surface area (Å²) in [6, 6.07) is 2.93. The maximum atomic E-state index is 13.5. The molecule has 0 spiro atoms. The summed E-state index contributed by atoms with van der Waals surface area (Å²) in [6.45, 7) is 0. The van der Waals surface area contributed by atoms with Crippen molar-refractivity contribution in [3.8, 4) is 5.75 Å². The zero-order valence-electron chi connectivity index (χ0n) is 9.24. The molecule has 0 unspecified atom stereocenters. The van der Waals surface area contributed by atoms with E-state index in [4.69, 9.17) is 4.74 Å². The van der Waals surface area contributed by atoms with E-state index in [1.54, 1.807) is 14.1 Å². The van der Waals surface area contributed by atoms with Crippen LogP contribution in [0.1, 0.15) is 23.3 Å². The summed E-state index contributed by atoms with van der Waals surface area (Å²) in [5.74, 6) is -0.922. The van der Waals surface area contributed by atoms with Crippen molar-refractivity contribution in [1.82, 2.24) is 9.88 Å². The monoisotopic (exact) mass is 224 g/mol. The van der Waals surface area contributed by atoms with Gasteiger partial charge in [-0.05, 0) is 25.0 Å². The van der Waals surface area contributed by atoms with Crippen LogP contribution in [0, 0.1) is 5.95 Å². The second-order valence-electron chi connectivity index (χ2n) is 4.00. The van der Waals surface area contributed by atoms with E-state index in [1.165, 1.54) is 17.0 Å². The highest BCUT2D eigenvalue weighted by Crippen LogP contribution is 2.27. The van der Waals surface area contributed by atoms with E-state index >= 15 is 0 Å². The fraction of sp³-hybridized carbons (Fsp3) is 0.455. The Morgan fingerprint density at radius 3 is 2.69 bits per heavy atom. The van der Waals surface area contributed by atoms with E-state index in [9.17, 15) is 9.18 Å². The molecule has 4 nitrogen and oxygen atoms in total. The lowest BCUT2D eigenvalue weighted by Crippen LogP contribution is -2.23. The van der Waals surface area contributed by atoms with Gasteiger partial charge in [0.25, 0.3) is 11.9 Å². The third kappa shape index (κ3) is 2.29. The van der Waals surface area contributed by atoms with Crippen molar-refractivity contribution in [2.75, 3.05) is 14.1 Å². The molecule has 1 amide bonds.